The van der Waals surface area contributed by atoms with Gasteiger partial charge >= 0.3 is 5.63 Å². The van der Waals surface area contributed by atoms with E-state index in [-0.39, 0.29) is 11.4 Å². The summed E-state index contributed by atoms with van der Waals surface area (Å²) in [6, 6.07) is 14.1. The Bertz CT molecular complexity index is 1060. The van der Waals surface area contributed by atoms with Gasteiger partial charge in [0.15, 0.2) is 0 Å². The van der Waals surface area contributed by atoms with Gasteiger partial charge in [-0.3, -0.25) is 4.90 Å². The van der Waals surface area contributed by atoms with Crippen LogP contribution in [0.2, 0.25) is 0 Å². The molecule has 152 valence electrons. The molecule has 1 N–H and O–H groups in total. The highest BCUT2D eigenvalue weighted by Gasteiger charge is 2.24. The first-order valence-electron chi connectivity index (χ1n) is 10.6. The number of phenolic OH excluding ortho intramolecular Hbond substituents is 1. The van der Waals surface area contributed by atoms with Crippen LogP contribution in [0.4, 0.5) is 0 Å². The number of rotatable bonds is 5. The Morgan fingerprint density at radius 3 is 2.66 bits per heavy atom. The molecule has 1 aliphatic heterocycles. The highest BCUT2D eigenvalue weighted by Crippen LogP contribution is 2.32. The van der Waals surface area contributed by atoms with Crippen LogP contribution in [0, 0.1) is 6.92 Å². The summed E-state index contributed by atoms with van der Waals surface area (Å²) < 4.78 is 5.83. The van der Waals surface area contributed by atoms with Gasteiger partial charge in [0.05, 0.1) is 5.56 Å². The summed E-state index contributed by atoms with van der Waals surface area (Å²) in [6.07, 6.45) is 5.26. The minimum atomic E-state index is -0.309. The predicted molar refractivity (Wildman–Crippen MR) is 116 cm³/mol. The number of phenols is 1. The molecule has 4 heteroatoms. The van der Waals surface area contributed by atoms with Gasteiger partial charge < -0.3 is 9.52 Å². The average Bonchev–Trinajstić information content (AvgIpc) is 2.74. The summed E-state index contributed by atoms with van der Waals surface area (Å²) in [5.74, 6) is 0.205. The first-order chi connectivity index (χ1) is 14.1. The molecule has 4 nitrogen and oxygen atoms in total. The quantitative estimate of drug-likeness (QED) is 0.610. The van der Waals surface area contributed by atoms with E-state index in [2.05, 4.69) is 11.8 Å². The summed E-state index contributed by atoms with van der Waals surface area (Å²) in [7, 11) is 0. The molecule has 4 rings (SSSR count). The second-order valence-electron chi connectivity index (χ2n) is 8.12. The van der Waals surface area contributed by atoms with Gasteiger partial charge in [0.2, 0.25) is 0 Å². The van der Waals surface area contributed by atoms with Crippen LogP contribution in [0.25, 0.3) is 11.0 Å². The zero-order valence-electron chi connectivity index (χ0n) is 17.3. The Labute approximate surface area is 171 Å². The largest absolute Gasteiger partial charge is 0.507 e. The molecule has 1 aliphatic rings. The molecule has 3 aromatic rings. The van der Waals surface area contributed by atoms with Crippen LogP contribution in [0.1, 0.15) is 54.9 Å². The first-order valence-corrected chi connectivity index (χ1v) is 10.6. The number of benzene rings is 2. The molecule has 1 fully saturated rings. The lowest BCUT2D eigenvalue weighted by Gasteiger charge is -2.35. The van der Waals surface area contributed by atoms with Crippen molar-refractivity contribution in [2.24, 2.45) is 0 Å². The van der Waals surface area contributed by atoms with Gasteiger partial charge in [0, 0.05) is 30.0 Å². The zero-order valence-corrected chi connectivity index (χ0v) is 17.3. The molecule has 1 saturated heterocycles. The Kier molecular flexibility index (Phi) is 5.72. The standard InChI is InChI=1S/C25H29NO3/c1-3-19-11-7-8-14-26(19)16-22-23(27)13-12-20-17(2)21(25(28)29-24(20)22)15-18-9-5-4-6-10-18/h4-6,9-10,12-13,19,27H,3,7-8,11,14-16H2,1-2H3/t19-/m0/s1. The lowest BCUT2D eigenvalue weighted by atomic mass is 9.96. The van der Waals surface area contributed by atoms with Crippen molar-refractivity contribution in [3.05, 3.63) is 75.1 Å². The number of piperidine rings is 1. The maximum Gasteiger partial charge on any atom is 0.340 e. The van der Waals surface area contributed by atoms with E-state index in [1.54, 1.807) is 6.07 Å². The van der Waals surface area contributed by atoms with Gasteiger partial charge in [0.1, 0.15) is 11.3 Å². The molecule has 0 radical (unpaired) electrons. The molecule has 0 amide bonds. The van der Waals surface area contributed by atoms with E-state index in [0.29, 0.717) is 30.2 Å². The molecule has 0 spiro atoms. The van der Waals surface area contributed by atoms with Gasteiger partial charge in [-0.1, -0.05) is 43.7 Å². The van der Waals surface area contributed by atoms with E-state index in [9.17, 15) is 9.90 Å². The first kappa shape index (κ1) is 19.7. The third kappa shape index (κ3) is 3.95. The smallest absolute Gasteiger partial charge is 0.340 e. The summed E-state index contributed by atoms with van der Waals surface area (Å²) >= 11 is 0. The second kappa shape index (κ2) is 8.42. The van der Waals surface area contributed by atoms with Crippen LogP contribution in [-0.4, -0.2) is 22.6 Å². The SMILES string of the molecule is CC[C@H]1CCCCN1Cc1c(O)ccc2c(C)c(Cc3ccccc3)c(=O)oc12. The normalized spacial score (nSPS) is 17.7. The van der Waals surface area contributed by atoms with Crippen LogP contribution in [0.3, 0.4) is 0 Å². The second-order valence-corrected chi connectivity index (χ2v) is 8.12. The molecular weight excluding hydrogens is 362 g/mol. The highest BCUT2D eigenvalue weighted by atomic mass is 16.4. The van der Waals surface area contributed by atoms with Gasteiger partial charge in [-0.25, -0.2) is 4.79 Å². The maximum absolute atomic E-state index is 12.9. The highest BCUT2D eigenvalue weighted by molar-refractivity contribution is 5.85. The number of hydrogen-bond donors (Lipinski definition) is 1. The lowest BCUT2D eigenvalue weighted by Crippen LogP contribution is -2.38. The summed E-state index contributed by atoms with van der Waals surface area (Å²) in [4.78, 5) is 15.3. The number of nitrogens with zero attached hydrogens (tertiary/aromatic N) is 1. The van der Waals surface area contributed by atoms with Crippen molar-refractivity contribution in [2.75, 3.05) is 6.54 Å². The molecule has 0 aliphatic carbocycles. The van der Waals surface area contributed by atoms with Gasteiger partial charge in [0.25, 0.3) is 0 Å². The molecule has 2 heterocycles. The number of aromatic hydroxyl groups is 1. The number of fused-ring (bicyclic) bond motifs is 1. The van der Waals surface area contributed by atoms with Crippen LogP contribution in [0.15, 0.2) is 51.7 Å². The molecule has 0 bridgehead atoms. The fourth-order valence-corrected chi connectivity index (χ4v) is 4.59. The predicted octanol–water partition coefficient (Wildman–Crippen LogP) is 5.16. The van der Waals surface area contributed by atoms with Crippen LogP contribution in [-0.2, 0) is 13.0 Å². The van der Waals surface area contributed by atoms with Crippen LogP contribution in [0.5, 0.6) is 5.75 Å². The molecule has 0 saturated carbocycles. The van der Waals surface area contributed by atoms with E-state index in [0.717, 1.165) is 35.0 Å². The average molecular weight is 392 g/mol. The molecule has 1 atom stereocenters. The van der Waals surface area contributed by atoms with Crippen molar-refractivity contribution in [1.29, 1.82) is 0 Å². The summed E-state index contributed by atoms with van der Waals surface area (Å²) in [5.41, 5.74) is 3.66. The number of likely N-dealkylation sites (tertiary alicyclic amines) is 1. The maximum atomic E-state index is 12.9. The van der Waals surface area contributed by atoms with Crippen molar-refractivity contribution in [3.8, 4) is 5.75 Å². The molecule has 29 heavy (non-hydrogen) atoms. The molecule has 1 aromatic heterocycles. The molecular formula is C25H29NO3. The fraction of sp³-hybridized carbons (Fsp3) is 0.400. The Morgan fingerprint density at radius 1 is 1.10 bits per heavy atom. The van der Waals surface area contributed by atoms with Crippen molar-refractivity contribution < 1.29 is 9.52 Å². The van der Waals surface area contributed by atoms with Crippen molar-refractivity contribution in [2.45, 2.75) is 58.5 Å². The number of hydrogen-bond acceptors (Lipinski definition) is 4. The minimum absolute atomic E-state index is 0.205. The van der Waals surface area contributed by atoms with Gasteiger partial charge in [-0.2, -0.15) is 0 Å². The van der Waals surface area contributed by atoms with Crippen molar-refractivity contribution in [1.82, 2.24) is 4.90 Å². The van der Waals surface area contributed by atoms with E-state index < -0.39 is 0 Å². The van der Waals surface area contributed by atoms with Crippen LogP contribution < -0.4 is 5.63 Å². The summed E-state index contributed by atoms with van der Waals surface area (Å²) in [5, 5.41) is 11.5. The topological polar surface area (TPSA) is 53.7 Å². The van der Waals surface area contributed by atoms with Crippen molar-refractivity contribution in [3.63, 3.8) is 0 Å². The Hall–Kier alpha value is -2.59. The van der Waals surface area contributed by atoms with E-state index in [1.165, 1.54) is 19.3 Å². The van der Waals surface area contributed by atoms with Gasteiger partial charge in [-0.05, 0) is 56.0 Å². The summed E-state index contributed by atoms with van der Waals surface area (Å²) in [6.45, 7) is 5.83. The van der Waals surface area contributed by atoms with E-state index >= 15 is 0 Å². The van der Waals surface area contributed by atoms with E-state index in [4.69, 9.17) is 4.42 Å². The van der Waals surface area contributed by atoms with Gasteiger partial charge in [-0.15, -0.1) is 0 Å². The third-order valence-corrected chi connectivity index (χ3v) is 6.34. The molecule has 2 aromatic carbocycles. The Morgan fingerprint density at radius 2 is 1.90 bits per heavy atom. The lowest BCUT2D eigenvalue weighted by molar-refractivity contribution is 0.135. The van der Waals surface area contributed by atoms with E-state index in [1.807, 2.05) is 43.3 Å². The zero-order chi connectivity index (χ0) is 20.4. The van der Waals surface area contributed by atoms with Crippen molar-refractivity contribution >= 4 is 11.0 Å². The van der Waals surface area contributed by atoms with Crippen LogP contribution >= 0.6 is 0 Å². The minimum Gasteiger partial charge on any atom is -0.507 e. The monoisotopic (exact) mass is 391 g/mol. The third-order valence-electron chi connectivity index (χ3n) is 6.34. The fourth-order valence-electron chi connectivity index (χ4n) is 4.59. The number of aryl methyl sites for hydroxylation is 1. The Balaban J connectivity index is 1.76. The molecule has 0 unspecified atom stereocenters.